The fraction of sp³-hybridized carbons (Fsp3) is 0.818. The minimum atomic E-state index is -0.369. The van der Waals surface area contributed by atoms with E-state index in [-0.39, 0.29) is 35.4 Å². The van der Waals surface area contributed by atoms with Crippen LogP contribution >= 0.6 is 0 Å². The maximum Gasteiger partial charge on any atom is 0.236 e. The Labute approximate surface area is 88.6 Å². The Hall–Kier alpha value is -0.900. The van der Waals surface area contributed by atoms with Crippen molar-refractivity contribution in [1.29, 1.82) is 0 Å². The zero-order valence-electron chi connectivity index (χ0n) is 9.03. The van der Waals surface area contributed by atoms with Crippen LogP contribution in [0.1, 0.15) is 26.7 Å². The van der Waals surface area contributed by atoms with E-state index < -0.39 is 0 Å². The molecule has 0 spiro atoms. The summed E-state index contributed by atoms with van der Waals surface area (Å²) in [6.07, 6.45) is 1.83. The average Bonchev–Trinajstić information content (AvgIpc) is 2.77. The third kappa shape index (κ3) is 0.911. The first-order valence-electron chi connectivity index (χ1n) is 5.61. The van der Waals surface area contributed by atoms with E-state index in [4.69, 9.17) is 4.74 Å². The number of hydrogen-bond donors (Lipinski definition) is 0. The maximum absolute atomic E-state index is 12.0. The highest BCUT2D eigenvalue weighted by Gasteiger charge is 2.67. The second-order valence-electron chi connectivity index (χ2n) is 4.93. The van der Waals surface area contributed by atoms with Gasteiger partial charge in [0.2, 0.25) is 11.8 Å². The number of hydrogen-bond acceptors (Lipinski definition) is 3. The number of ether oxygens (including phenoxy) is 1. The van der Waals surface area contributed by atoms with Gasteiger partial charge in [-0.25, -0.2) is 0 Å². The van der Waals surface area contributed by atoms with Crippen LogP contribution in [0, 0.1) is 11.8 Å². The van der Waals surface area contributed by atoms with Crippen molar-refractivity contribution in [1.82, 2.24) is 4.90 Å². The van der Waals surface area contributed by atoms with Crippen molar-refractivity contribution in [3.63, 3.8) is 0 Å². The topological polar surface area (TPSA) is 46.6 Å². The fourth-order valence-electron chi connectivity index (χ4n) is 3.45. The molecule has 3 saturated heterocycles. The summed E-state index contributed by atoms with van der Waals surface area (Å²) >= 11 is 0. The number of imide groups is 1. The maximum atomic E-state index is 12.0. The lowest BCUT2D eigenvalue weighted by Crippen LogP contribution is -2.39. The Bertz CT molecular complexity index is 354. The molecule has 15 heavy (non-hydrogen) atoms. The van der Waals surface area contributed by atoms with Crippen LogP contribution < -0.4 is 0 Å². The molecule has 4 atom stereocenters. The van der Waals surface area contributed by atoms with Crippen LogP contribution in [0.15, 0.2) is 0 Å². The van der Waals surface area contributed by atoms with Gasteiger partial charge in [0.25, 0.3) is 0 Å². The monoisotopic (exact) mass is 209 g/mol. The molecular weight excluding hydrogens is 194 g/mol. The molecule has 2 bridgehead atoms. The molecule has 0 saturated carbocycles. The van der Waals surface area contributed by atoms with E-state index in [1.165, 1.54) is 4.90 Å². The highest BCUT2D eigenvalue weighted by atomic mass is 16.5. The van der Waals surface area contributed by atoms with Gasteiger partial charge >= 0.3 is 0 Å². The lowest BCUT2D eigenvalue weighted by atomic mass is 9.74. The first-order valence-corrected chi connectivity index (χ1v) is 5.61. The molecule has 0 aromatic carbocycles. The van der Waals surface area contributed by atoms with Crippen LogP contribution in [-0.4, -0.2) is 35.0 Å². The molecule has 0 aromatic heterocycles. The first-order chi connectivity index (χ1) is 7.08. The summed E-state index contributed by atoms with van der Waals surface area (Å²) in [5.41, 5.74) is -0.369. The number of carbonyl (C=O) groups is 2. The van der Waals surface area contributed by atoms with Gasteiger partial charge in [-0.05, 0) is 26.7 Å². The van der Waals surface area contributed by atoms with Crippen molar-refractivity contribution in [3.8, 4) is 0 Å². The Balaban J connectivity index is 2.03. The van der Waals surface area contributed by atoms with Gasteiger partial charge in [-0.3, -0.25) is 14.5 Å². The van der Waals surface area contributed by atoms with Gasteiger partial charge in [-0.2, -0.15) is 0 Å². The number of fused-ring (bicyclic) bond motifs is 5. The highest BCUT2D eigenvalue weighted by molar-refractivity contribution is 6.06. The highest BCUT2D eigenvalue weighted by Crippen LogP contribution is 2.54. The Morgan fingerprint density at radius 1 is 1.47 bits per heavy atom. The predicted molar refractivity (Wildman–Crippen MR) is 51.9 cm³/mol. The van der Waals surface area contributed by atoms with Crippen molar-refractivity contribution in [2.24, 2.45) is 11.8 Å². The molecule has 0 unspecified atom stereocenters. The number of likely N-dealkylation sites (tertiary alicyclic amines) is 1. The average molecular weight is 209 g/mol. The molecule has 3 rings (SSSR count). The Morgan fingerprint density at radius 2 is 2.20 bits per heavy atom. The summed E-state index contributed by atoms with van der Waals surface area (Å²) in [4.78, 5) is 25.4. The van der Waals surface area contributed by atoms with Gasteiger partial charge in [0.05, 0.1) is 23.5 Å². The minimum absolute atomic E-state index is 0.00648. The SMILES string of the molecule is CCN1C(=O)[C@H]2[C@@H](C1=O)[C@]1(C)CC[C@H]2O1. The molecule has 3 heterocycles. The summed E-state index contributed by atoms with van der Waals surface area (Å²) in [5, 5.41) is 0. The summed E-state index contributed by atoms with van der Waals surface area (Å²) in [6, 6.07) is 0. The molecule has 2 amide bonds. The van der Waals surface area contributed by atoms with Gasteiger partial charge < -0.3 is 4.74 Å². The third-order valence-electron chi connectivity index (χ3n) is 4.16. The summed E-state index contributed by atoms with van der Waals surface area (Å²) in [5.74, 6) is -0.418. The van der Waals surface area contributed by atoms with E-state index in [0.29, 0.717) is 6.54 Å². The van der Waals surface area contributed by atoms with Crippen molar-refractivity contribution in [2.45, 2.75) is 38.4 Å². The summed E-state index contributed by atoms with van der Waals surface area (Å²) in [6.45, 7) is 4.32. The van der Waals surface area contributed by atoms with Crippen LogP contribution in [0.25, 0.3) is 0 Å². The molecule has 0 radical (unpaired) electrons. The fourth-order valence-corrected chi connectivity index (χ4v) is 3.45. The lowest BCUT2D eigenvalue weighted by Gasteiger charge is -2.26. The normalized spacial score (nSPS) is 47.9. The van der Waals surface area contributed by atoms with Gasteiger partial charge in [-0.1, -0.05) is 0 Å². The van der Waals surface area contributed by atoms with E-state index >= 15 is 0 Å². The molecular formula is C11H15NO3. The number of amides is 2. The van der Waals surface area contributed by atoms with E-state index in [9.17, 15) is 9.59 Å². The van der Waals surface area contributed by atoms with Crippen molar-refractivity contribution < 1.29 is 14.3 Å². The zero-order valence-corrected chi connectivity index (χ0v) is 9.03. The van der Waals surface area contributed by atoms with Crippen molar-refractivity contribution in [2.75, 3.05) is 6.54 Å². The molecule has 0 aliphatic carbocycles. The number of nitrogens with zero attached hydrogens (tertiary/aromatic N) is 1. The van der Waals surface area contributed by atoms with Crippen LogP contribution in [0.5, 0.6) is 0 Å². The Morgan fingerprint density at radius 3 is 2.80 bits per heavy atom. The van der Waals surface area contributed by atoms with Crippen LogP contribution in [0.2, 0.25) is 0 Å². The summed E-state index contributed by atoms with van der Waals surface area (Å²) in [7, 11) is 0. The molecule has 4 nitrogen and oxygen atoms in total. The van der Waals surface area contributed by atoms with Crippen molar-refractivity contribution in [3.05, 3.63) is 0 Å². The van der Waals surface area contributed by atoms with E-state index in [1.807, 2.05) is 13.8 Å². The van der Waals surface area contributed by atoms with Crippen molar-refractivity contribution >= 4 is 11.8 Å². The molecule has 82 valence electrons. The van der Waals surface area contributed by atoms with Crippen LogP contribution in [-0.2, 0) is 14.3 Å². The molecule has 3 aliphatic rings. The third-order valence-corrected chi connectivity index (χ3v) is 4.16. The van der Waals surface area contributed by atoms with Crippen LogP contribution in [0.4, 0.5) is 0 Å². The minimum Gasteiger partial charge on any atom is -0.370 e. The predicted octanol–water partition coefficient (Wildman–Crippen LogP) is 0.559. The molecule has 3 aliphatic heterocycles. The second kappa shape index (κ2) is 2.61. The molecule has 3 fully saturated rings. The molecule has 0 aromatic rings. The van der Waals surface area contributed by atoms with Gasteiger partial charge in [0.15, 0.2) is 0 Å². The van der Waals surface area contributed by atoms with Gasteiger partial charge in [0, 0.05) is 6.54 Å². The second-order valence-corrected chi connectivity index (χ2v) is 4.93. The van der Waals surface area contributed by atoms with Gasteiger partial charge in [-0.15, -0.1) is 0 Å². The lowest BCUT2D eigenvalue weighted by molar-refractivity contribution is -0.144. The number of rotatable bonds is 1. The van der Waals surface area contributed by atoms with E-state index in [0.717, 1.165) is 12.8 Å². The van der Waals surface area contributed by atoms with E-state index in [2.05, 4.69) is 0 Å². The summed E-state index contributed by atoms with van der Waals surface area (Å²) < 4.78 is 5.79. The standard InChI is InChI=1S/C11H15NO3/c1-3-12-9(13)7-6-4-5-11(2,15-6)8(7)10(12)14/h6-8H,3-5H2,1-2H3/t6-,7-,8+,11+/m1/s1. The molecule has 0 N–H and O–H groups in total. The smallest absolute Gasteiger partial charge is 0.236 e. The molecule has 4 heteroatoms. The van der Waals surface area contributed by atoms with Gasteiger partial charge in [0.1, 0.15) is 0 Å². The quantitative estimate of drug-likeness (QED) is 0.593. The zero-order chi connectivity index (χ0) is 10.8. The largest absolute Gasteiger partial charge is 0.370 e. The number of carbonyl (C=O) groups excluding carboxylic acids is 2. The first kappa shape index (κ1) is 9.33. The Kier molecular flexibility index (Phi) is 1.63. The van der Waals surface area contributed by atoms with Crippen LogP contribution in [0.3, 0.4) is 0 Å². The van der Waals surface area contributed by atoms with E-state index in [1.54, 1.807) is 0 Å².